The van der Waals surface area contributed by atoms with Crippen LogP contribution in [0.1, 0.15) is 32.7 Å². The van der Waals surface area contributed by atoms with Gasteiger partial charge in [0, 0.05) is 22.2 Å². The molecule has 0 spiro atoms. The third kappa shape index (κ3) is 4.59. The standard InChI is InChI=1S/C21H20IN5O2S2/c1-3-16-25-26-21(30-16)24-19(28)18-17(13-5-4-12(2)10-15(13)22)14(11-23)20(31-18)27-6-8-29-9-7-27/h4-5,10H,3,6-9H2,1-2H3,(H,24,26,28). The molecule has 160 valence electrons. The predicted molar refractivity (Wildman–Crippen MR) is 132 cm³/mol. The molecule has 0 aliphatic carbocycles. The fraction of sp³-hybridized carbons (Fsp3) is 0.333. The Hall–Kier alpha value is -2.07. The minimum Gasteiger partial charge on any atom is -0.378 e. The quantitative estimate of drug-likeness (QED) is 0.451. The number of thiophene rings is 1. The molecule has 3 heterocycles. The van der Waals surface area contributed by atoms with Crippen molar-refractivity contribution in [2.24, 2.45) is 0 Å². The van der Waals surface area contributed by atoms with Crippen molar-refractivity contribution in [2.45, 2.75) is 20.3 Å². The summed E-state index contributed by atoms with van der Waals surface area (Å²) in [5.74, 6) is -0.272. The zero-order chi connectivity index (χ0) is 22.0. The highest BCUT2D eigenvalue weighted by atomic mass is 127. The fourth-order valence-electron chi connectivity index (χ4n) is 3.35. The van der Waals surface area contributed by atoms with E-state index in [0.29, 0.717) is 47.4 Å². The van der Waals surface area contributed by atoms with Crippen LogP contribution in [0, 0.1) is 21.8 Å². The number of carbonyl (C=O) groups is 1. The van der Waals surface area contributed by atoms with Crippen molar-refractivity contribution in [3.8, 4) is 17.2 Å². The third-order valence-corrected chi connectivity index (χ3v) is 8.01. The summed E-state index contributed by atoms with van der Waals surface area (Å²) in [4.78, 5) is 16.0. The van der Waals surface area contributed by atoms with Crippen LogP contribution >= 0.6 is 45.3 Å². The summed E-state index contributed by atoms with van der Waals surface area (Å²) in [6.07, 6.45) is 0.763. The second kappa shape index (κ2) is 9.60. The van der Waals surface area contributed by atoms with Crippen molar-refractivity contribution in [3.05, 3.63) is 42.8 Å². The highest BCUT2D eigenvalue weighted by Crippen LogP contribution is 2.44. The average molecular weight is 565 g/mol. The summed E-state index contributed by atoms with van der Waals surface area (Å²) < 4.78 is 6.47. The molecule has 1 N–H and O–H groups in total. The van der Waals surface area contributed by atoms with Gasteiger partial charge in [-0.15, -0.1) is 21.5 Å². The summed E-state index contributed by atoms with van der Waals surface area (Å²) in [5, 5.41) is 23.3. The summed E-state index contributed by atoms with van der Waals surface area (Å²) in [5.41, 5.74) is 3.22. The maximum absolute atomic E-state index is 13.3. The number of nitrogens with zero attached hydrogens (tertiary/aromatic N) is 4. The molecule has 3 aromatic rings. The van der Waals surface area contributed by atoms with Crippen LogP contribution in [0.15, 0.2) is 18.2 Å². The number of hydrogen-bond acceptors (Lipinski definition) is 8. The van der Waals surface area contributed by atoms with Crippen molar-refractivity contribution in [1.82, 2.24) is 10.2 Å². The number of nitrogens with one attached hydrogen (secondary N) is 1. The summed E-state index contributed by atoms with van der Waals surface area (Å²) in [6.45, 7) is 6.61. The Balaban J connectivity index is 1.82. The smallest absolute Gasteiger partial charge is 0.268 e. The number of aromatic nitrogens is 2. The van der Waals surface area contributed by atoms with Gasteiger partial charge in [0.25, 0.3) is 5.91 Å². The maximum atomic E-state index is 13.3. The highest BCUT2D eigenvalue weighted by molar-refractivity contribution is 14.1. The van der Waals surface area contributed by atoms with Crippen LogP contribution in [-0.4, -0.2) is 42.4 Å². The van der Waals surface area contributed by atoms with Gasteiger partial charge in [0.1, 0.15) is 21.0 Å². The van der Waals surface area contributed by atoms with Gasteiger partial charge in [-0.1, -0.05) is 36.0 Å². The van der Waals surface area contributed by atoms with E-state index in [1.807, 2.05) is 26.0 Å². The first-order valence-electron chi connectivity index (χ1n) is 9.81. The number of hydrogen-bond donors (Lipinski definition) is 1. The van der Waals surface area contributed by atoms with Crippen molar-refractivity contribution in [1.29, 1.82) is 5.26 Å². The maximum Gasteiger partial charge on any atom is 0.268 e. The van der Waals surface area contributed by atoms with Gasteiger partial charge < -0.3 is 9.64 Å². The number of morpholine rings is 1. The van der Waals surface area contributed by atoms with Gasteiger partial charge in [-0.2, -0.15) is 5.26 Å². The number of anilines is 2. The van der Waals surface area contributed by atoms with Gasteiger partial charge >= 0.3 is 0 Å². The topological polar surface area (TPSA) is 91.1 Å². The molecule has 31 heavy (non-hydrogen) atoms. The molecule has 0 bridgehead atoms. The molecule has 1 aliphatic rings. The van der Waals surface area contributed by atoms with Crippen LogP contribution in [0.4, 0.5) is 10.1 Å². The van der Waals surface area contributed by atoms with Crippen LogP contribution in [0.25, 0.3) is 11.1 Å². The molecule has 2 aromatic heterocycles. The summed E-state index contributed by atoms with van der Waals surface area (Å²) >= 11 is 4.99. The van der Waals surface area contributed by atoms with E-state index in [0.717, 1.165) is 31.1 Å². The lowest BCUT2D eigenvalue weighted by Crippen LogP contribution is -2.36. The van der Waals surface area contributed by atoms with E-state index in [1.54, 1.807) is 0 Å². The lowest BCUT2D eigenvalue weighted by atomic mass is 10.00. The molecular formula is C21H20IN5O2S2. The Morgan fingerprint density at radius 2 is 2.10 bits per heavy atom. The minimum absolute atomic E-state index is 0.272. The Morgan fingerprint density at radius 3 is 2.74 bits per heavy atom. The molecule has 4 rings (SSSR count). The Bertz CT molecular complexity index is 1160. The average Bonchev–Trinajstić information content (AvgIpc) is 3.38. The van der Waals surface area contributed by atoms with E-state index in [2.05, 4.69) is 55.1 Å². The number of rotatable bonds is 5. The van der Waals surface area contributed by atoms with Crippen molar-refractivity contribution in [3.63, 3.8) is 0 Å². The number of benzene rings is 1. The third-order valence-electron chi connectivity index (χ3n) is 4.89. The molecule has 1 amide bonds. The van der Waals surface area contributed by atoms with E-state index in [-0.39, 0.29) is 5.91 Å². The number of ether oxygens (including phenoxy) is 1. The van der Waals surface area contributed by atoms with Crippen LogP contribution in [0.5, 0.6) is 0 Å². The molecule has 0 unspecified atom stereocenters. The highest BCUT2D eigenvalue weighted by Gasteiger charge is 2.29. The van der Waals surface area contributed by atoms with E-state index in [1.165, 1.54) is 22.7 Å². The van der Waals surface area contributed by atoms with Gasteiger partial charge in [0.2, 0.25) is 5.13 Å². The molecule has 1 aliphatic heterocycles. The first-order chi connectivity index (χ1) is 15.0. The van der Waals surface area contributed by atoms with Crippen LogP contribution in [0.2, 0.25) is 0 Å². The fourth-order valence-corrected chi connectivity index (χ4v) is 6.18. The number of aryl methyl sites for hydroxylation is 2. The second-order valence-electron chi connectivity index (χ2n) is 6.99. The second-order valence-corrected chi connectivity index (χ2v) is 10.2. The zero-order valence-electron chi connectivity index (χ0n) is 17.1. The number of halogens is 1. The zero-order valence-corrected chi connectivity index (χ0v) is 20.9. The Kier molecular flexibility index (Phi) is 6.86. The molecule has 0 atom stereocenters. The van der Waals surface area contributed by atoms with Gasteiger partial charge in [0.05, 0.1) is 18.8 Å². The van der Waals surface area contributed by atoms with Crippen molar-refractivity contribution < 1.29 is 9.53 Å². The van der Waals surface area contributed by atoms with E-state index in [9.17, 15) is 10.1 Å². The van der Waals surface area contributed by atoms with Gasteiger partial charge in [0.15, 0.2) is 0 Å². The van der Waals surface area contributed by atoms with Gasteiger partial charge in [-0.25, -0.2) is 0 Å². The molecule has 1 fully saturated rings. The Labute approximate surface area is 202 Å². The van der Waals surface area contributed by atoms with E-state index >= 15 is 0 Å². The molecule has 0 saturated carbocycles. The van der Waals surface area contributed by atoms with Crippen LogP contribution in [0.3, 0.4) is 0 Å². The predicted octanol–water partition coefficient (Wildman–Crippen LogP) is 4.70. The van der Waals surface area contributed by atoms with Crippen molar-refractivity contribution in [2.75, 3.05) is 36.5 Å². The molecule has 7 nitrogen and oxygen atoms in total. The largest absolute Gasteiger partial charge is 0.378 e. The van der Waals surface area contributed by atoms with Gasteiger partial charge in [-0.3, -0.25) is 10.1 Å². The SMILES string of the molecule is CCc1nnc(NC(=O)c2sc(N3CCOCC3)c(C#N)c2-c2ccc(C)cc2I)s1. The molecule has 10 heteroatoms. The normalized spacial score (nSPS) is 13.8. The van der Waals surface area contributed by atoms with Crippen molar-refractivity contribution >= 4 is 61.3 Å². The first kappa shape index (κ1) is 22.1. The van der Waals surface area contributed by atoms with Crippen LogP contribution < -0.4 is 10.2 Å². The minimum atomic E-state index is -0.272. The number of nitriles is 1. The number of amides is 1. The first-order valence-corrected chi connectivity index (χ1v) is 12.5. The number of carbonyl (C=O) groups excluding carboxylic acids is 1. The van der Waals surface area contributed by atoms with E-state index < -0.39 is 0 Å². The molecular weight excluding hydrogens is 545 g/mol. The van der Waals surface area contributed by atoms with E-state index in [4.69, 9.17) is 4.74 Å². The molecule has 1 saturated heterocycles. The van der Waals surface area contributed by atoms with Gasteiger partial charge in [-0.05, 0) is 47.6 Å². The summed E-state index contributed by atoms with van der Waals surface area (Å²) in [6, 6.07) is 8.42. The molecule has 1 aromatic carbocycles. The Morgan fingerprint density at radius 1 is 1.32 bits per heavy atom. The summed E-state index contributed by atoms with van der Waals surface area (Å²) in [7, 11) is 0. The monoisotopic (exact) mass is 565 g/mol. The molecule has 0 radical (unpaired) electrons. The lowest BCUT2D eigenvalue weighted by molar-refractivity contribution is 0.103. The lowest BCUT2D eigenvalue weighted by Gasteiger charge is -2.27. The van der Waals surface area contributed by atoms with Crippen LogP contribution in [-0.2, 0) is 11.2 Å².